The van der Waals surface area contributed by atoms with Gasteiger partial charge in [0.05, 0.1) is 28.9 Å². The lowest BCUT2D eigenvalue weighted by Crippen LogP contribution is -2.30. The summed E-state index contributed by atoms with van der Waals surface area (Å²) in [5.41, 5.74) is -0.642. The molecular weight excluding hydrogens is 280 g/mol. The number of hydrogen-bond acceptors (Lipinski definition) is 5. The number of aliphatic carboxylic acids is 1. The second-order valence-electron chi connectivity index (χ2n) is 5.40. The molecule has 0 aromatic heterocycles. The summed E-state index contributed by atoms with van der Waals surface area (Å²) in [5, 5.41) is 7.90. The molecule has 1 atom stereocenters. The van der Waals surface area contributed by atoms with Gasteiger partial charge in [0.1, 0.15) is 0 Å². The van der Waals surface area contributed by atoms with Crippen LogP contribution in [0, 0.1) is 5.41 Å². The molecule has 18 heavy (non-hydrogen) atoms. The van der Waals surface area contributed by atoms with Gasteiger partial charge < -0.3 is 5.11 Å². The van der Waals surface area contributed by atoms with Gasteiger partial charge >= 0.3 is 5.97 Å². The van der Waals surface area contributed by atoms with Crippen molar-refractivity contribution in [1.82, 2.24) is 0 Å². The number of carbonyl (C=O) groups is 1. The largest absolute Gasteiger partial charge is 0.481 e. The molecule has 1 unspecified atom stereocenters. The van der Waals surface area contributed by atoms with Gasteiger partial charge in [-0.1, -0.05) is 0 Å². The third kappa shape index (κ3) is 3.03. The van der Waals surface area contributed by atoms with Gasteiger partial charge in [-0.25, -0.2) is 16.8 Å². The van der Waals surface area contributed by atoms with E-state index < -0.39 is 36.3 Å². The number of carboxylic acids is 1. The van der Waals surface area contributed by atoms with Gasteiger partial charge in [0, 0.05) is 0 Å². The summed E-state index contributed by atoms with van der Waals surface area (Å²) in [6, 6.07) is 0. The predicted octanol–water partition coefficient (Wildman–Crippen LogP) is -0.157. The molecule has 2 aliphatic rings. The van der Waals surface area contributed by atoms with Gasteiger partial charge in [-0.2, -0.15) is 0 Å². The average molecular weight is 296 g/mol. The lowest BCUT2D eigenvalue weighted by atomic mass is 10.1. The number of sulfone groups is 2. The smallest absolute Gasteiger partial charge is 0.303 e. The molecule has 1 heterocycles. The van der Waals surface area contributed by atoms with Crippen LogP contribution in [0.4, 0.5) is 0 Å². The highest BCUT2D eigenvalue weighted by Gasteiger charge is 2.50. The first-order valence-corrected chi connectivity index (χ1v) is 9.32. The summed E-state index contributed by atoms with van der Waals surface area (Å²) in [6.07, 6.45) is 1.19. The zero-order valence-electron chi connectivity index (χ0n) is 9.83. The van der Waals surface area contributed by atoms with E-state index in [0.717, 1.165) is 0 Å². The van der Waals surface area contributed by atoms with Gasteiger partial charge in [-0.05, 0) is 24.7 Å². The van der Waals surface area contributed by atoms with Crippen molar-refractivity contribution < 1.29 is 26.7 Å². The van der Waals surface area contributed by atoms with Crippen LogP contribution in [0.25, 0.3) is 0 Å². The van der Waals surface area contributed by atoms with Crippen molar-refractivity contribution in [3.63, 3.8) is 0 Å². The molecule has 0 spiro atoms. The number of hydrogen-bond donors (Lipinski definition) is 1. The Bertz CT molecular complexity index is 555. The van der Waals surface area contributed by atoms with Crippen molar-refractivity contribution in [2.45, 2.75) is 30.9 Å². The summed E-state index contributed by atoms with van der Waals surface area (Å²) in [7, 11) is -6.75. The second-order valence-corrected chi connectivity index (χ2v) is 9.91. The van der Waals surface area contributed by atoms with Crippen molar-refractivity contribution in [3.8, 4) is 0 Å². The first kappa shape index (κ1) is 13.8. The third-order valence-corrected chi connectivity index (χ3v) is 8.10. The van der Waals surface area contributed by atoms with Gasteiger partial charge in [0.2, 0.25) is 0 Å². The molecule has 104 valence electrons. The molecule has 1 N–H and O–H groups in total. The fourth-order valence-electron chi connectivity index (χ4n) is 2.46. The maximum absolute atomic E-state index is 12.1. The highest BCUT2D eigenvalue weighted by atomic mass is 32.2. The summed E-state index contributed by atoms with van der Waals surface area (Å²) in [6.45, 7) is 0. The van der Waals surface area contributed by atoms with Crippen molar-refractivity contribution in [3.05, 3.63) is 0 Å². The van der Waals surface area contributed by atoms with Gasteiger partial charge in [-0.15, -0.1) is 0 Å². The minimum Gasteiger partial charge on any atom is -0.481 e. The van der Waals surface area contributed by atoms with Gasteiger partial charge in [-0.3, -0.25) is 4.79 Å². The maximum atomic E-state index is 12.1. The normalized spacial score (nSPS) is 29.0. The molecule has 1 aliphatic heterocycles. The first-order chi connectivity index (χ1) is 8.14. The van der Waals surface area contributed by atoms with Crippen LogP contribution in [0.15, 0.2) is 0 Å². The summed E-state index contributed by atoms with van der Waals surface area (Å²) in [5.74, 6) is -1.57. The molecule has 2 rings (SSSR count). The molecule has 1 aliphatic carbocycles. The van der Waals surface area contributed by atoms with Crippen LogP contribution in [0.1, 0.15) is 25.7 Å². The molecule has 1 saturated heterocycles. The minimum absolute atomic E-state index is 0.0805. The van der Waals surface area contributed by atoms with E-state index in [1.165, 1.54) is 0 Å². The molecule has 1 saturated carbocycles. The van der Waals surface area contributed by atoms with E-state index in [-0.39, 0.29) is 30.1 Å². The lowest BCUT2D eigenvalue weighted by molar-refractivity contribution is -0.138. The molecule has 6 nitrogen and oxygen atoms in total. The molecular formula is C10H16O6S2. The zero-order chi connectivity index (χ0) is 13.6. The summed E-state index contributed by atoms with van der Waals surface area (Å²) < 4.78 is 46.8. The third-order valence-electron chi connectivity index (χ3n) is 3.69. The molecule has 0 aromatic carbocycles. The highest BCUT2D eigenvalue weighted by Crippen LogP contribution is 2.50. The van der Waals surface area contributed by atoms with Crippen molar-refractivity contribution in [2.75, 3.05) is 17.3 Å². The van der Waals surface area contributed by atoms with Crippen LogP contribution >= 0.6 is 0 Å². The average Bonchev–Trinajstić information content (AvgIpc) is 2.77. The van der Waals surface area contributed by atoms with Crippen LogP contribution in [-0.2, 0) is 24.5 Å². The van der Waals surface area contributed by atoms with E-state index in [4.69, 9.17) is 5.11 Å². The van der Waals surface area contributed by atoms with E-state index in [2.05, 4.69) is 0 Å². The van der Waals surface area contributed by atoms with E-state index in [0.29, 0.717) is 12.8 Å². The number of rotatable bonds is 5. The lowest BCUT2D eigenvalue weighted by Gasteiger charge is -2.16. The molecule has 0 aromatic rings. The van der Waals surface area contributed by atoms with E-state index in [1.807, 2.05) is 0 Å². The standard InChI is InChI=1S/C10H16O6S2/c11-9(12)5-10(2-3-10)7-18(15,16)8-1-4-17(13,14)6-8/h8H,1-7H2,(H,11,12). The van der Waals surface area contributed by atoms with Gasteiger partial charge in [0.25, 0.3) is 0 Å². The first-order valence-electron chi connectivity index (χ1n) is 5.78. The Kier molecular flexibility index (Phi) is 3.21. The van der Waals surface area contributed by atoms with E-state index in [9.17, 15) is 21.6 Å². The predicted molar refractivity (Wildman–Crippen MR) is 64.8 cm³/mol. The molecule has 2 fully saturated rings. The Morgan fingerprint density at radius 1 is 1.33 bits per heavy atom. The Morgan fingerprint density at radius 3 is 2.33 bits per heavy atom. The fourth-order valence-corrected chi connectivity index (χ4v) is 7.56. The minimum atomic E-state index is -3.51. The Balaban J connectivity index is 2.07. The topological polar surface area (TPSA) is 106 Å². The van der Waals surface area contributed by atoms with Crippen LogP contribution in [-0.4, -0.2) is 50.4 Å². The van der Waals surface area contributed by atoms with Crippen molar-refractivity contribution >= 4 is 25.6 Å². The Labute approximate surface area is 106 Å². The molecule has 0 bridgehead atoms. The SMILES string of the molecule is O=C(O)CC1(CS(=O)(=O)C2CCS(=O)(=O)C2)CC1. The summed E-state index contributed by atoms with van der Waals surface area (Å²) >= 11 is 0. The van der Waals surface area contributed by atoms with Crippen molar-refractivity contribution in [2.24, 2.45) is 5.41 Å². The van der Waals surface area contributed by atoms with Crippen molar-refractivity contribution in [1.29, 1.82) is 0 Å². The monoisotopic (exact) mass is 296 g/mol. The molecule has 0 radical (unpaired) electrons. The van der Waals surface area contributed by atoms with Crippen LogP contribution in [0.2, 0.25) is 0 Å². The Morgan fingerprint density at radius 2 is 1.94 bits per heavy atom. The second kappa shape index (κ2) is 4.19. The van der Waals surface area contributed by atoms with Crippen LogP contribution in [0.3, 0.4) is 0 Å². The summed E-state index contributed by atoms with van der Waals surface area (Å²) in [4.78, 5) is 10.7. The molecule has 8 heteroatoms. The fraction of sp³-hybridized carbons (Fsp3) is 0.900. The quantitative estimate of drug-likeness (QED) is 0.756. The van der Waals surface area contributed by atoms with Gasteiger partial charge in [0.15, 0.2) is 19.7 Å². The Hall–Kier alpha value is -0.630. The van der Waals surface area contributed by atoms with Crippen LogP contribution < -0.4 is 0 Å². The molecule has 0 amide bonds. The maximum Gasteiger partial charge on any atom is 0.303 e. The van der Waals surface area contributed by atoms with Crippen LogP contribution in [0.5, 0.6) is 0 Å². The van der Waals surface area contributed by atoms with E-state index >= 15 is 0 Å². The zero-order valence-corrected chi connectivity index (χ0v) is 11.5. The van der Waals surface area contributed by atoms with E-state index in [1.54, 1.807) is 0 Å². The highest BCUT2D eigenvalue weighted by molar-refractivity contribution is 7.96. The number of carboxylic acid groups (broad SMARTS) is 1.